The number of guanidine groups is 1. The summed E-state index contributed by atoms with van der Waals surface area (Å²) in [7, 11) is 5.78. The molecule has 0 spiro atoms. The minimum absolute atomic E-state index is 0. The van der Waals surface area contributed by atoms with Crippen LogP contribution in [0.4, 0.5) is 5.82 Å². The first kappa shape index (κ1) is 18.9. The third kappa shape index (κ3) is 5.94. The first-order chi connectivity index (χ1) is 9.08. The Hall–Kier alpha value is -1.05. The molecule has 0 bridgehead atoms. The summed E-state index contributed by atoms with van der Waals surface area (Å²) in [4.78, 5) is 10.6. The molecule has 1 heterocycles. The molecule has 1 aromatic heterocycles. The van der Waals surface area contributed by atoms with Gasteiger partial charge in [-0.15, -0.1) is 24.0 Å². The summed E-state index contributed by atoms with van der Waals surface area (Å²) in [6.45, 7) is 5.00. The number of hydrogen-bond donors (Lipinski definition) is 2. The fourth-order valence-corrected chi connectivity index (χ4v) is 1.68. The van der Waals surface area contributed by atoms with E-state index in [4.69, 9.17) is 0 Å². The van der Waals surface area contributed by atoms with Crippen molar-refractivity contribution in [3.8, 4) is 0 Å². The molecule has 6 heteroatoms. The number of pyridine rings is 1. The largest absolute Gasteiger partial charge is 0.362 e. The fraction of sp³-hybridized carbons (Fsp3) is 0.571. The Morgan fingerprint density at radius 2 is 2.15 bits per heavy atom. The molecule has 0 aliphatic rings. The molecule has 0 radical (unpaired) electrons. The minimum atomic E-state index is 0. The highest BCUT2D eigenvalue weighted by atomic mass is 127. The van der Waals surface area contributed by atoms with Gasteiger partial charge in [0, 0.05) is 45.5 Å². The molecular weight excluding hydrogens is 365 g/mol. The fourth-order valence-electron chi connectivity index (χ4n) is 1.68. The Labute approximate surface area is 139 Å². The predicted octanol–water partition coefficient (Wildman–Crippen LogP) is 2.23. The van der Waals surface area contributed by atoms with Crippen LogP contribution in [-0.4, -0.2) is 38.1 Å². The topological polar surface area (TPSA) is 52.6 Å². The van der Waals surface area contributed by atoms with Gasteiger partial charge >= 0.3 is 0 Å². The van der Waals surface area contributed by atoms with Crippen LogP contribution in [0.3, 0.4) is 0 Å². The first-order valence-corrected chi connectivity index (χ1v) is 6.66. The van der Waals surface area contributed by atoms with Gasteiger partial charge < -0.3 is 15.5 Å². The smallest absolute Gasteiger partial charge is 0.191 e. The SMILES string of the molecule is CCC(C)NC(=NC)NCc1cccnc1N(C)C.I. The van der Waals surface area contributed by atoms with Crippen molar-refractivity contribution >= 4 is 35.8 Å². The molecule has 0 saturated heterocycles. The zero-order chi connectivity index (χ0) is 14.3. The second-order valence-electron chi connectivity index (χ2n) is 4.76. The third-order valence-electron chi connectivity index (χ3n) is 2.96. The maximum absolute atomic E-state index is 4.38. The van der Waals surface area contributed by atoms with Crippen molar-refractivity contribution in [3.05, 3.63) is 23.9 Å². The third-order valence-corrected chi connectivity index (χ3v) is 2.96. The summed E-state index contributed by atoms with van der Waals surface area (Å²) < 4.78 is 0. The normalized spacial score (nSPS) is 12.3. The molecule has 0 fully saturated rings. The second kappa shape index (κ2) is 9.79. The number of anilines is 1. The van der Waals surface area contributed by atoms with E-state index < -0.39 is 0 Å². The molecule has 114 valence electrons. The molecule has 0 aromatic carbocycles. The van der Waals surface area contributed by atoms with Crippen LogP contribution in [0.25, 0.3) is 0 Å². The molecule has 1 atom stereocenters. The molecule has 2 N–H and O–H groups in total. The van der Waals surface area contributed by atoms with E-state index in [0.717, 1.165) is 23.8 Å². The van der Waals surface area contributed by atoms with Crippen LogP contribution >= 0.6 is 24.0 Å². The van der Waals surface area contributed by atoms with E-state index in [1.807, 2.05) is 31.3 Å². The number of nitrogens with one attached hydrogen (secondary N) is 2. The molecule has 5 nitrogen and oxygen atoms in total. The summed E-state index contributed by atoms with van der Waals surface area (Å²) in [6, 6.07) is 4.44. The Kier molecular flexibility index (Phi) is 9.28. The van der Waals surface area contributed by atoms with Gasteiger partial charge in [-0.3, -0.25) is 4.99 Å². The van der Waals surface area contributed by atoms with Gasteiger partial charge in [0.25, 0.3) is 0 Å². The van der Waals surface area contributed by atoms with Crippen molar-refractivity contribution in [1.82, 2.24) is 15.6 Å². The monoisotopic (exact) mass is 391 g/mol. The molecule has 1 aromatic rings. The summed E-state index contributed by atoms with van der Waals surface area (Å²) in [5.41, 5.74) is 1.15. The van der Waals surface area contributed by atoms with E-state index in [9.17, 15) is 0 Å². The lowest BCUT2D eigenvalue weighted by atomic mass is 10.2. The Morgan fingerprint density at radius 3 is 2.70 bits per heavy atom. The zero-order valence-corrected chi connectivity index (χ0v) is 15.3. The number of hydrogen-bond acceptors (Lipinski definition) is 3. The molecule has 20 heavy (non-hydrogen) atoms. The van der Waals surface area contributed by atoms with E-state index in [1.54, 1.807) is 7.05 Å². The van der Waals surface area contributed by atoms with Crippen molar-refractivity contribution < 1.29 is 0 Å². The number of aromatic nitrogens is 1. The van der Waals surface area contributed by atoms with Crippen molar-refractivity contribution in [2.45, 2.75) is 32.9 Å². The van der Waals surface area contributed by atoms with Gasteiger partial charge in [-0.1, -0.05) is 13.0 Å². The maximum Gasteiger partial charge on any atom is 0.191 e. The molecule has 0 amide bonds. The quantitative estimate of drug-likeness (QED) is 0.459. The standard InChI is InChI=1S/C14H25N5.HI/c1-6-11(2)18-14(15-3)17-10-12-8-7-9-16-13(12)19(4)5;/h7-9,11H,6,10H2,1-5H3,(H2,15,17,18);1H. The highest BCUT2D eigenvalue weighted by Crippen LogP contribution is 2.13. The van der Waals surface area contributed by atoms with Gasteiger partial charge in [-0.05, 0) is 19.4 Å². The Balaban J connectivity index is 0.00000361. The molecule has 0 aliphatic heterocycles. The van der Waals surface area contributed by atoms with Crippen molar-refractivity contribution in [2.75, 3.05) is 26.0 Å². The summed E-state index contributed by atoms with van der Waals surface area (Å²) in [5.74, 6) is 1.80. The van der Waals surface area contributed by atoms with Gasteiger partial charge in [-0.2, -0.15) is 0 Å². The molecule has 1 rings (SSSR count). The summed E-state index contributed by atoms with van der Waals surface area (Å²) in [5, 5.41) is 6.66. The maximum atomic E-state index is 4.38. The lowest BCUT2D eigenvalue weighted by Gasteiger charge is -2.19. The van der Waals surface area contributed by atoms with Crippen LogP contribution < -0.4 is 15.5 Å². The summed E-state index contributed by atoms with van der Waals surface area (Å²) in [6.07, 6.45) is 2.88. The van der Waals surface area contributed by atoms with Crippen LogP contribution in [0.1, 0.15) is 25.8 Å². The van der Waals surface area contributed by atoms with Gasteiger partial charge in [0.15, 0.2) is 5.96 Å². The lowest BCUT2D eigenvalue weighted by molar-refractivity contribution is 0.624. The number of rotatable bonds is 5. The van der Waals surface area contributed by atoms with Crippen molar-refractivity contribution in [3.63, 3.8) is 0 Å². The van der Waals surface area contributed by atoms with E-state index >= 15 is 0 Å². The first-order valence-electron chi connectivity index (χ1n) is 6.66. The van der Waals surface area contributed by atoms with Gasteiger partial charge in [0.2, 0.25) is 0 Å². The number of halogens is 1. The van der Waals surface area contributed by atoms with E-state index in [0.29, 0.717) is 12.6 Å². The van der Waals surface area contributed by atoms with Crippen molar-refractivity contribution in [1.29, 1.82) is 0 Å². The van der Waals surface area contributed by atoms with Crippen LogP contribution in [0, 0.1) is 0 Å². The second-order valence-corrected chi connectivity index (χ2v) is 4.76. The van der Waals surface area contributed by atoms with Gasteiger partial charge in [0.1, 0.15) is 5.82 Å². The van der Waals surface area contributed by atoms with Crippen molar-refractivity contribution in [2.24, 2.45) is 4.99 Å². The molecule has 1 unspecified atom stereocenters. The average molecular weight is 391 g/mol. The van der Waals surface area contributed by atoms with Crippen LogP contribution in [0.5, 0.6) is 0 Å². The minimum Gasteiger partial charge on any atom is -0.362 e. The Morgan fingerprint density at radius 1 is 1.45 bits per heavy atom. The summed E-state index contributed by atoms with van der Waals surface area (Å²) >= 11 is 0. The van der Waals surface area contributed by atoms with Gasteiger partial charge in [0.05, 0.1) is 0 Å². The van der Waals surface area contributed by atoms with Crippen LogP contribution in [0.15, 0.2) is 23.3 Å². The van der Waals surface area contributed by atoms with Crippen LogP contribution in [-0.2, 0) is 6.54 Å². The van der Waals surface area contributed by atoms with Gasteiger partial charge in [-0.25, -0.2) is 4.98 Å². The highest BCUT2D eigenvalue weighted by Gasteiger charge is 2.07. The van der Waals surface area contributed by atoms with E-state index in [2.05, 4.69) is 40.5 Å². The number of aliphatic imine (C=N–C) groups is 1. The zero-order valence-electron chi connectivity index (χ0n) is 13.0. The average Bonchev–Trinajstić information content (AvgIpc) is 2.43. The molecule has 0 saturated carbocycles. The Bertz CT molecular complexity index is 420. The predicted molar refractivity (Wildman–Crippen MR) is 97.1 cm³/mol. The highest BCUT2D eigenvalue weighted by molar-refractivity contribution is 14.0. The number of nitrogens with zero attached hydrogens (tertiary/aromatic N) is 3. The van der Waals surface area contributed by atoms with E-state index in [-0.39, 0.29) is 24.0 Å². The van der Waals surface area contributed by atoms with E-state index in [1.165, 1.54) is 0 Å². The molecule has 0 aliphatic carbocycles. The molecular formula is C14H26IN5. The lowest BCUT2D eigenvalue weighted by Crippen LogP contribution is -2.41. The van der Waals surface area contributed by atoms with Crippen LogP contribution in [0.2, 0.25) is 0 Å².